The number of hydrogen-bond donors (Lipinski definition) is 1. The highest BCUT2D eigenvalue weighted by atomic mass is 79.9. The predicted molar refractivity (Wildman–Crippen MR) is 73.0 cm³/mol. The average molecular weight is 297 g/mol. The fraction of sp³-hybridized carbons (Fsp3) is 0.250. The molecule has 1 N–H and O–H groups in total. The van der Waals surface area contributed by atoms with Crippen LogP contribution in [0.4, 0.5) is 5.69 Å². The van der Waals surface area contributed by atoms with Crippen molar-refractivity contribution < 1.29 is 0 Å². The lowest BCUT2D eigenvalue weighted by atomic mass is 10.2. The standard InChI is InChI=1S/C12H13BrN2S/c1-8-3-4-11(10(13)7-8)15-9(2)12-14-5-6-16-12/h3-7,9,15H,1-2H3. The third-order valence-corrected chi connectivity index (χ3v) is 3.93. The van der Waals surface area contributed by atoms with Crippen LogP contribution in [0.1, 0.15) is 23.5 Å². The molecule has 2 rings (SSSR count). The minimum absolute atomic E-state index is 0.235. The van der Waals surface area contributed by atoms with Crippen LogP contribution in [0.3, 0.4) is 0 Å². The highest BCUT2D eigenvalue weighted by Gasteiger charge is 2.09. The second-order valence-corrected chi connectivity index (χ2v) is 5.50. The Morgan fingerprint density at radius 2 is 2.25 bits per heavy atom. The number of nitrogens with zero attached hydrogens (tertiary/aromatic N) is 1. The fourth-order valence-corrected chi connectivity index (χ4v) is 2.73. The van der Waals surface area contributed by atoms with Gasteiger partial charge in [-0.3, -0.25) is 0 Å². The number of rotatable bonds is 3. The Hall–Kier alpha value is -0.870. The predicted octanol–water partition coefficient (Wildman–Crippen LogP) is 4.39. The van der Waals surface area contributed by atoms with E-state index < -0.39 is 0 Å². The van der Waals surface area contributed by atoms with Crippen molar-refractivity contribution in [3.8, 4) is 0 Å². The van der Waals surface area contributed by atoms with E-state index in [2.05, 4.69) is 58.3 Å². The zero-order chi connectivity index (χ0) is 11.5. The number of anilines is 1. The van der Waals surface area contributed by atoms with Crippen LogP contribution >= 0.6 is 27.3 Å². The first-order chi connectivity index (χ1) is 7.66. The number of nitrogens with one attached hydrogen (secondary N) is 1. The van der Waals surface area contributed by atoms with E-state index >= 15 is 0 Å². The van der Waals surface area contributed by atoms with Gasteiger partial charge >= 0.3 is 0 Å². The first-order valence-electron chi connectivity index (χ1n) is 5.09. The maximum absolute atomic E-state index is 4.30. The number of benzene rings is 1. The van der Waals surface area contributed by atoms with Gasteiger partial charge in [0.2, 0.25) is 0 Å². The molecule has 0 saturated carbocycles. The second kappa shape index (κ2) is 4.97. The summed E-state index contributed by atoms with van der Waals surface area (Å²) in [5.74, 6) is 0. The summed E-state index contributed by atoms with van der Waals surface area (Å²) in [6.07, 6.45) is 1.84. The summed E-state index contributed by atoms with van der Waals surface area (Å²) in [4.78, 5) is 4.30. The number of aromatic nitrogens is 1. The van der Waals surface area contributed by atoms with E-state index in [0.717, 1.165) is 15.2 Å². The minimum Gasteiger partial charge on any atom is -0.375 e. The zero-order valence-corrected chi connectivity index (χ0v) is 11.6. The third-order valence-electron chi connectivity index (χ3n) is 2.32. The highest BCUT2D eigenvalue weighted by Crippen LogP contribution is 2.27. The molecule has 1 aromatic heterocycles. The molecular formula is C12H13BrN2S. The summed E-state index contributed by atoms with van der Waals surface area (Å²) in [6.45, 7) is 4.20. The summed E-state index contributed by atoms with van der Waals surface area (Å²) in [6, 6.07) is 6.53. The van der Waals surface area contributed by atoms with E-state index in [1.807, 2.05) is 11.6 Å². The Balaban J connectivity index is 2.15. The van der Waals surface area contributed by atoms with Gasteiger partial charge in [-0.2, -0.15) is 0 Å². The van der Waals surface area contributed by atoms with E-state index in [4.69, 9.17) is 0 Å². The molecule has 1 heterocycles. The molecule has 0 bridgehead atoms. The minimum atomic E-state index is 0.235. The summed E-state index contributed by atoms with van der Waals surface area (Å²) >= 11 is 5.23. The third kappa shape index (κ3) is 2.62. The largest absolute Gasteiger partial charge is 0.375 e. The summed E-state index contributed by atoms with van der Waals surface area (Å²) in [5, 5.41) is 6.54. The SMILES string of the molecule is Cc1ccc(NC(C)c2nccs2)c(Br)c1. The zero-order valence-electron chi connectivity index (χ0n) is 9.20. The van der Waals surface area contributed by atoms with Gasteiger partial charge in [-0.05, 0) is 47.5 Å². The van der Waals surface area contributed by atoms with Crippen molar-refractivity contribution >= 4 is 33.0 Å². The quantitative estimate of drug-likeness (QED) is 0.909. The molecule has 0 amide bonds. The van der Waals surface area contributed by atoms with Gasteiger partial charge in [-0.1, -0.05) is 6.07 Å². The molecule has 0 aliphatic rings. The molecule has 0 saturated heterocycles. The monoisotopic (exact) mass is 296 g/mol. The van der Waals surface area contributed by atoms with Gasteiger partial charge < -0.3 is 5.32 Å². The lowest BCUT2D eigenvalue weighted by Crippen LogP contribution is -2.06. The Kier molecular flexibility index (Phi) is 3.61. The molecule has 1 unspecified atom stereocenters. The lowest BCUT2D eigenvalue weighted by Gasteiger charge is -2.14. The van der Waals surface area contributed by atoms with E-state index in [9.17, 15) is 0 Å². The van der Waals surface area contributed by atoms with Gasteiger partial charge in [0.05, 0.1) is 6.04 Å². The van der Waals surface area contributed by atoms with Crippen molar-refractivity contribution in [2.24, 2.45) is 0 Å². The molecule has 1 aromatic carbocycles. The van der Waals surface area contributed by atoms with Crippen molar-refractivity contribution in [1.29, 1.82) is 0 Å². The molecule has 1 atom stereocenters. The lowest BCUT2D eigenvalue weighted by molar-refractivity contribution is 0.868. The molecule has 0 radical (unpaired) electrons. The molecule has 0 fully saturated rings. The van der Waals surface area contributed by atoms with E-state index in [-0.39, 0.29) is 6.04 Å². The van der Waals surface area contributed by atoms with Crippen molar-refractivity contribution in [1.82, 2.24) is 4.98 Å². The molecule has 2 nitrogen and oxygen atoms in total. The van der Waals surface area contributed by atoms with Crippen molar-refractivity contribution in [2.75, 3.05) is 5.32 Å². The first-order valence-corrected chi connectivity index (χ1v) is 6.76. The highest BCUT2D eigenvalue weighted by molar-refractivity contribution is 9.10. The van der Waals surface area contributed by atoms with Gasteiger partial charge in [0.15, 0.2) is 0 Å². The van der Waals surface area contributed by atoms with Gasteiger partial charge in [0, 0.05) is 21.7 Å². The van der Waals surface area contributed by atoms with Gasteiger partial charge in [0.1, 0.15) is 5.01 Å². The molecule has 84 valence electrons. The van der Waals surface area contributed by atoms with Crippen molar-refractivity contribution in [2.45, 2.75) is 19.9 Å². The Bertz CT molecular complexity index is 468. The normalized spacial score (nSPS) is 12.4. The van der Waals surface area contributed by atoms with Crippen LogP contribution < -0.4 is 5.32 Å². The smallest absolute Gasteiger partial charge is 0.115 e. The average Bonchev–Trinajstić information content (AvgIpc) is 2.75. The van der Waals surface area contributed by atoms with Crippen LogP contribution in [0.2, 0.25) is 0 Å². The van der Waals surface area contributed by atoms with Crippen molar-refractivity contribution in [3.05, 3.63) is 44.8 Å². The van der Waals surface area contributed by atoms with E-state index in [1.54, 1.807) is 11.3 Å². The summed E-state index contributed by atoms with van der Waals surface area (Å²) < 4.78 is 1.09. The second-order valence-electron chi connectivity index (χ2n) is 3.72. The maximum Gasteiger partial charge on any atom is 0.115 e. The van der Waals surface area contributed by atoms with Gasteiger partial charge in [-0.15, -0.1) is 11.3 Å². The Morgan fingerprint density at radius 3 is 2.88 bits per heavy atom. The Morgan fingerprint density at radius 1 is 1.44 bits per heavy atom. The molecular weight excluding hydrogens is 284 g/mol. The topological polar surface area (TPSA) is 24.9 Å². The van der Waals surface area contributed by atoms with Gasteiger partial charge in [-0.25, -0.2) is 4.98 Å². The number of thiazole rings is 1. The van der Waals surface area contributed by atoms with Crippen LogP contribution in [-0.2, 0) is 0 Å². The van der Waals surface area contributed by atoms with Gasteiger partial charge in [0.25, 0.3) is 0 Å². The molecule has 0 aliphatic heterocycles. The van der Waals surface area contributed by atoms with E-state index in [0.29, 0.717) is 0 Å². The van der Waals surface area contributed by atoms with E-state index in [1.165, 1.54) is 5.56 Å². The number of halogens is 1. The number of aryl methyl sites for hydroxylation is 1. The van der Waals surface area contributed by atoms with Crippen molar-refractivity contribution in [3.63, 3.8) is 0 Å². The summed E-state index contributed by atoms with van der Waals surface area (Å²) in [7, 11) is 0. The molecule has 4 heteroatoms. The molecule has 0 spiro atoms. The van der Waals surface area contributed by atoms with Crippen LogP contribution in [0, 0.1) is 6.92 Å². The van der Waals surface area contributed by atoms with Crippen LogP contribution in [-0.4, -0.2) is 4.98 Å². The molecule has 2 aromatic rings. The maximum atomic E-state index is 4.30. The van der Waals surface area contributed by atoms with Crippen LogP contribution in [0.25, 0.3) is 0 Å². The summed E-state index contributed by atoms with van der Waals surface area (Å²) in [5.41, 5.74) is 2.35. The van der Waals surface area contributed by atoms with Crippen LogP contribution in [0.5, 0.6) is 0 Å². The first kappa shape index (κ1) is 11.6. The molecule has 0 aliphatic carbocycles. The number of hydrogen-bond acceptors (Lipinski definition) is 3. The fourth-order valence-electron chi connectivity index (χ4n) is 1.48. The Labute approximate surface area is 108 Å². The molecule has 16 heavy (non-hydrogen) atoms. The van der Waals surface area contributed by atoms with Crippen LogP contribution in [0.15, 0.2) is 34.2 Å².